The first-order valence-electron chi connectivity index (χ1n) is 6.24. The van der Waals surface area contributed by atoms with Crippen LogP contribution >= 0.6 is 0 Å². The van der Waals surface area contributed by atoms with Crippen molar-refractivity contribution < 1.29 is 13.9 Å². The molecule has 6 heteroatoms. The monoisotopic (exact) mass is 259 g/mol. The number of primary amides is 1. The fraction of sp³-hybridized carbons (Fsp3) is 0.385. The zero-order valence-electron chi connectivity index (χ0n) is 10.3. The fourth-order valence-electron chi connectivity index (χ4n) is 2.66. The largest absolute Gasteiger partial charge is 0.423 e. The number of anilines is 1. The Balaban J connectivity index is 1.74. The number of nitrogens with zero attached hydrogens (tertiary/aromatic N) is 2. The molecule has 1 spiro atoms. The number of fused-ring (bicyclic) bond motifs is 1. The molecule has 2 aliphatic rings. The topological polar surface area (TPSA) is 81.6 Å². The SMILES string of the molecule is NC(=O)c1ccc2oc(N3CCC34COC4)nc2c1. The Labute approximate surface area is 109 Å². The summed E-state index contributed by atoms with van der Waals surface area (Å²) in [5.74, 6) is -0.459. The second-order valence-electron chi connectivity index (χ2n) is 5.16. The fourth-order valence-corrected chi connectivity index (χ4v) is 2.66. The third kappa shape index (κ3) is 1.40. The highest BCUT2D eigenvalue weighted by molar-refractivity contribution is 5.96. The van der Waals surface area contributed by atoms with Crippen molar-refractivity contribution in [3.8, 4) is 0 Å². The van der Waals surface area contributed by atoms with E-state index in [9.17, 15) is 4.79 Å². The predicted octanol–water partition coefficient (Wildman–Crippen LogP) is 0.906. The van der Waals surface area contributed by atoms with Crippen molar-refractivity contribution in [2.24, 2.45) is 5.73 Å². The van der Waals surface area contributed by atoms with E-state index in [0.29, 0.717) is 22.7 Å². The van der Waals surface area contributed by atoms with E-state index in [2.05, 4.69) is 9.88 Å². The molecule has 3 heterocycles. The van der Waals surface area contributed by atoms with Gasteiger partial charge < -0.3 is 19.8 Å². The van der Waals surface area contributed by atoms with Crippen LogP contribution in [0.3, 0.4) is 0 Å². The van der Waals surface area contributed by atoms with E-state index in [1.54, 1.807) is 18.2 Å². The summed E-state index contributed by atoms with van der Waals surface area (Å²) < 4.78 is 11.0. The number of rotatable bonds is 2. The van der Waals surface area contributed by atoms with E-state index in [4.69, 9.17) is 14.9 Å². The molecule has 0 unspecified atom stereocenters. The smallest absolute Gasteiger partial charge is 0.299 e. The Morgan fingerprint density at radius 1 is 1.42 bits per heavy atom. The van der Waals surface area contributed by atoms with Gasteiger partial charge >= 0.3 is 0 Å². The zero-order valence-corrected chi connectivity index (χ0v) is 10.3. The van der Waals surface area contributed by atoms with Gasteiger partial charge in [-0.25, -0.2) is 0 Å². The molecular formula is C13H13N3O3. The van der Waals surface area contributed by atoms with Gasteiger partial charge in [0.05, 0.1) is 18.8 Å². The van der Waals surface area contributed by atoms with E-state index >= 15 is 0 Å². The van der Waals surface area contributed by atoms with Crippen LogP contribution in [-0.4, -0.2) is 36.2 Å². The molecule has 4 rings (SSSR count). The van der Waals surface area contributed by atoms with Crippen molar-refractivity contribution in [2.75, 3.05) is 24.7 Å². The summed E-state index contributed by atoms with van der Waals surface area (Å²) in [4.78, 5) is 17.7. The highest BCUT2D eigenvalue weighted by Gasteiger charge is 2.52. The van der Waals surface area contributed by atoms with Gasteiger partial charge in [0.2, 0.25) is 5.91 Å². The quantitative estimate of drug-likeness (QED) is 0.866. The van der Waals surface area contributed by atoms with E-state index in [1.807, 2.05) is 0 Å². The standard InChI is InChI=1S/C13H13N3O3/c14-11(17)8-1-2-10-9(5-8)15-12(19-10)16-4-3-13(16)6-18-7-13/h1-2,5H,3-4,6-7H2,(H2,14,17). The molecule has 0 radical (unpaired) electrons. The maximum atomic E-state index is 11.1. The number of ether oxygens (including phenoxy) is 1. The van der Waals surface area contributed by atoms with Gasteiger partial charge in [-0.2, -0.15) is 4.98 Å². The summed E-state index contributed by atoms with van der Waals surface area (Å²) in [5.41, 5.74) is 7.12. The van der Waals surface area contributed by atoms with Crippen molar-refractivity contribution in [3.05, 3.63) is 23.8 Å². The number of hydrogen-bond acceptors (Lipinski definition) is 5. The van der Waals surface area contributed by atoms with E-state index in [1.165, 1.54) is 0 Å². The molecule has 1 aromatic heterocycles. The van der Waals surface area contributed by atoms with Gasteiger partial charge in [0.1, 0.15) is 5.52 Å². The molecule has 2 saturated heterocycles. The van der Waals surface area contributed by atoms with Crippen LogP contribution in [0, 0.1) is 0 Å². The summed E-state index contributed by atoms with van der Waals surface area (Å²) in [7, 11) is 0. The number of hydrogen-bond donors (Lipinski definition) is 1. The molecule has 0 atom stereocenters. The van der Waals surface area contributed by atoms with Gasteiger partial charge in [-0.3, -0.25) is 4.79 Å². The number of carbonyl (C=O) groups is 1. The minimum absolute atomic E-state index is 0.0907. The second-order valence-corrected chi connectivity index (χ2v) is 5.16. The molecule has 0 bridgehead atoms. The Morgan fingerprint density at radius 3 is 2.84 bits per heavy atom. The third-order valence-corrected chi connectivity index (χ3v) is 4.01. The molecule has 1 aromatic carbocycles. The number of amides is 1. The molecule has 0 aliphatic carbocycles. The van der Waals surface area contributed by atoms with Crippen molar-refractivity contribution in [3.63, 3.8) is 0 Å². The number of aromatic nitrogens is 1. The van der Waals surface area contributed by atoms with Crippen LogP contribution in [0.25, 0.3) is 11.1 Å². The van der Waals surface area contributed by atoms with Crippen LogP contribution in [-0.2, 0) is 4.74 Å². The van der Waals surface area contributed by atoms with Gasteiger partial charge in [0.15, 0.2) is 5.58 Å². The van der Waals surface area contributed by atoms with Crippen LogP contribution < -0.4 is 10.6 Å². The second kappa shape index (κ2) is 3.48. The molecular weight excluding hydrogens is 246 g/mol. The number of carbonyl (C=O) groups excluding carboxylic acids is 1. The van der Waals surface area contributed by atoms with E-state index in [-0.39, 0.29) is 5.54 Å². The lowest BCUT2D eigenvalue weighted by Crippen LogP contribution is -2.71. The van der Waals surface area contributed by atoms with Crippen LogP contribution in [0.5, 0.6) is 0 Å². The average molecular weight is 259 g/mol. The van der Waals surface area contributed by atoms with Crippen molar-refractivity contribution in [1.29, 1.82) is 0 Å². The molecule has 2 N–H and O–H groups in total. The highest BCUT2D eigenvalue weighted by Crippen LogP contribution is 2.41. The first-order chi connectivity index (χ1) is 9.18. The van der Waals surface area contributed by atoms with Gasteiger partial charge in [0, 0.05) is 12.1 Å². The van der Waals surface area contributed by atoms with Gasteiger partial charge in [-0.15, -0.1) is 0 Å². The molecule has 0 saturated carbocycles. The Kier molecular flexibility index (Phi) is 1.98. The maximum absolute atomic E-state index is 11.1. The van der Waals surface area contributed by atoms with Crippen LogP contribution in [0.4, 0.5) is 6.01 Å². The summed E-state index contributed by atoms with van der Waals surface area (Å²) in [6.45, 7) is 2.40. The Morgan fingerprint density at radius 2 is 2.26 bits per heavy atom. The normalized spacial score (nSPS) is 20.3. The summed E-state index contributed by atoms with van der Waals surface area (Å²) in [5, 5.41) is 0. The maximum Gasteiger partial charge on any atom is 0.299 e. The summed E-state index contributed by atoms with van der Waals surface area (Å²) in [6.07, 6.45) is 1.11. The first kappa shape index (κ1) is 10.8. The van der Waals surface area contributed by atoms with E-state index < -0.39 is 5.91 Å². The van der Waals surface area contributed by atoms with Gasteiger partial charge in [-0.05, 0) is 24.6 Å². The zero-order chi connectivity index (χ0) is 13.0. The summed E-state index contributed by atoms with van der Waals surface area (Å²) >= 11 is 0. The lowest BCUT2D eigenvalue weighted by Gasteiger charge is -2.56. The number of benzene rings is 1. The van der Waals surface area contributed by atoms with Crippen LogP contribution in [0.1, 0.15) is 16.8 Å². The van der Waals surface area contributed by atoms with Crippen LogP contribution in [0.15, 0.2) is 22.6 Å². The first-order valence-corrected chi connectivity index (χ1v) is 6.24. The van der Waals surface area contributed by atoms with Crippen molar-refractivity contribution in [2.45, 2.75) is 12.0 Å². The third-order valence-electron chi connectivity index (χ3n) is 4.01. The minimum Gasteiger partial charge on any atom is -0.423 e. The molecule has 2 aromatic rings. The van der Waals surface area contributed by atoms with Crippen molar-refractivity contribution in [1.82, 2.24) is 4.98 Å². The highest BCUT2D eigenvalue weighted by atomic mass is 16.5. The molecule has 98 valence electrons. The minimum atomic E-state index is -0.459. The predicted molar refractivity (Wildman–Crippen MR) is 68.0 cm³/mol. The number of nitrogens with two attached hydrogens (primary N) is 1. The lowest BCUT2D eigenvalue weighted by atomic mass is 9.83. The lowest BCUT2D eigenvalue weighted by molar-refractivity contribution is -0.0870. The molecule has 1 amide bonds. The van der Waals surface area contributed by atoms with Gasteiger partial charge in [0.25, 0.3) is 6.01 Å². The Bertz CT molecular complexity index is 669. The van der Waals surface area contributed by atoms with E-state index in [0.717, 1.165) is 26.2 Å². The molecule has 6 nitrogen and oxygen atoms in total. The number of oxazole rings is 1. The van der Waals surface area contributed by atoms with Crippen molar-refractivity contribution >= 4 is 23.0 Å². The van der Waals surface area contributed by atoms with Gasteiger partial charge in [-0.1, -0.05) is 0 Å². The average Bonchev–Trinajstić information content (AvgIpc) is 2.66. The van der Waals surface area contributed by atoms with Crippen LogP contribution in [0.2, 0.25) is 0 Å². The molecule has 19 heavy (non-hydrogen) atoms. The summed E-state index contributed by atoms with van der Waals surface area (Å²) in [6, 6.07) is 5.65. The Hall–Kier alpha value is -2.08. The molecule has 2 fully saturated rings. The molecule has 2 aliphatic heterocycles.